The zero-order chi connectivity index (χ0) is 13.0. The molecule has 2 rings (SSSR count). The first kappa shape index (κ1) is 11.5. The largest absolute Gasteiger partial charge is 0.317 e. The highest BCUT2D eigenvalue weighted by Gasteiger charge is 2.32. The molecule has 0 saturated carbocycles. The van der Waals surface area contributed by atoms with Gasteiger partial charge in [-0.05, 0) is 45.7 Å². The van der Waals surface area contributed by atoms with Gasteiger partial charge in [0.25, 0.3) is 0 Å². The SMILES string of the molecule is [2H]N1CCC(N2CCC(C)(NCC#C)CC2)CC1. The molecule has 0 amide bonds. The molecule has 0 bridgehead atoms. The third-order valence-electron chi connectivity index (χ3n) is 4.28. The molecule has 3 heteroatoms. The summed E-state index contributed by atoms with van der Waals surface area (Å²) in [6.07, 6.45) is 9.97. The fourth-order valence-electron chi connectivity index (χ4n) is 2.93. The van der Waals surface area contributed by atoms with Crippen molar-refractivity contribution in [2.24, 2.45) is 0 Å². The lowest BCUT2D eigenvalue weighted by molar-refractivity contribution is 0.0919. The van der Waals surface area contributed by atoms with Crippen molar-refractivity contribution in [3.63, 3.8) is 0 Å². The van der Waals surface area contributed by atoms with E-state index in [1.54, 1.807) is 5.31 Å². The van der Waals surface area contributed by atoms with Gasteiger partial charge in [0.05, 0.1) is 6.54 Å². The van der Waals surface area contributed by atoms with Crippen LogP contribution in [0.5, 0.6) is 0 Å². The molecular weight excluding hydrogens is 210 g/mol. The van der Waals surface area contributed by atoms with Gasteiger partial charge in [-0.15, -0.1) is 6.42 Å². The number of terminal acetylenes is 1. The van der Waals surface area contributed by atoms with E-state index in [-0.39, 0.29) is 5.54 Å². The van der Waals surface area contributed by atoms with E-state index in [0.717, 1.165) is 39.0 Å². The maximum Gasteiger partial charge on any atom is 0.122 e. The Morgan fingerprint density at radius 1 is 1.47 bits per heavy atom. The first-order valence-electron chi connectivity index (χ1n) is 7.24. The van der Waals surface area contributed by atoms with Gasteiger partial charge in [0.2, 0.25) is 0 Å². The molecule has 0 aromatic heterocycles. The second kappa shape index (κ2) is 5.86. The first-order valence-corrected chi connectivity index (χ1v) is 6.79. The number of nitrogens with zero attached hydrogens (tertiary/aromatic N) is 1. The van der Waals surface area contributed by atoms with Gasteiger partial charge in [0.1, 0.15) is 1.41 Å². The molecular formula is C14H25N3. The van der Waals surface area contributed by atoms with Crippen LogP contribution in [0.4, 0.5) is 0 Å². The second-order valence-electron chi connectivity index (χ2n) is 5.56. The molecule has 2 saturated heterocycles. The second-order valence-corrected chi connectivity index (χ2v) is 5.56. The summed E-state index contributed by atoms with van der Waals surface area (Å²) in [5.74, 6) is 2.67. The molecule has 2 N–H and O–H groups in total. The van der Waals surface area contributed by atoms with Crippen molar-refractivity contribution >= 4 is 0 Å². The van der Waals surface area contributed by atoms with Crippen LogP contribution in [0.3, 0.4) is 0 Å². The number of likely N-dealkylation sites (tertiary alicyclic amines) is 1. The lowest BCUT2D eigenvalue weighted by Crippen LogP contribution is -2.54. The Morgan fingerprint density at radius 2 is 2.12 bits per heavy atom. The quantitative estimate of drug-likeness (QED) is 0.710. The van der Waals surface area contributed by atoms with Crippen LogP contribution in [0.15, 0.2) is 0 Å². The summed E-state index contributed by atoms with van der Waals surface area (Å²) in [5, 5.41) is 5.17. The van der Waals surface area contributed by atoms with Gasteiger partial charge in [0.15, 0.2) is 0 Å². The third-order valence-corrected chi connectivity index (χ3v) is 4.28. The van der Waals surface area contributed by atoms with Gasteiger partial charge >= 0.3 is 0 Å². The minimum absolute atomic E-state index is 0.221. The summed E-state index contributed by atoms with van der Waals surface area (Å²) in [4.78, 5) is 2.62. The van der Waals surface area contributed by atoms with Crippen LogP contribution in [-0.4, -0.2) is 49.2 Å². The summed E-state index contributed by atoms with van der Waals surface area (Å²) in [6.45, 7) is 7.14. The van der Waals surface area contributed by atoms with Gasteiger partial charge in [0, 0.05) is 24.7 Å². The van der Waals surface area contributed by atoms with E-state index in [0.29, 0.717) is 12.6 Å². The van der Waals surface area contributed by atoms with Crippen LogP contribution in [-0.2, 0) is 0 Å². The molecule has 2 fully saturated rings. The van der Waals surface area contributed by atoms with E-state index in [2.05, 4.69) is 23.1 Å². The van der Waals surface area contributed by atoms with Crippen molar-refractivity contribution in [1.29, 1.82) is 0 Å². The fourth-order valence-corrected chi connectivity index (χ4v) is 2.93. The predicted octanol–water partition coefficient (Wildman–Crippen LogP) is 0.816. The molecule has 0 unspecified atom stereocenters. The molecule has 0 aromatic rings. The lowest BCUT2D eigenvalue weighted by Gasteiger charge is -2.44. The molecule has 0 aliphatic carbocycles. The molecule has 0 aromatic carbocycles. The van der Waals surface area contributed by atoms with E-state index >= 15 is 0 Å². The normalized spacial score (nSPS) is 28.6. The Morgan fingerprint density at radius 3 is 2.71 bits per heavy atom. The smallest absolute Gasteiger partial charge is 0.122 e. The molecule has 2 heterocycles. The average Bonchev–Trinajstić information content (AvgIpc) is 2.39. The maximum absolute atomic E-state index is 7.60. The Labute approximate surface area is 107 Å². The van der Waals surface area contributed by atoms with Crippen molar-refractivity contribution < 1.29 is 1.41 Å². The Bertz CT molecular complexity index is 297. The van der Waals surface area contributed by atoms with Crippen LogP contribution in [0.1, 0.15) is 32.6 Å². The van der Waals surface area contributed by atoms with Crippen molar-refractivity contribution in [3.05, 3.63) is 0 Å². The van der Waals surface area contributed by atoms with Crippen molar-refractivity contribution in [2.45, 2.75) is 44.2 Å². The van der Waals surface area contributed by atoms with Crippen LogP contribution in [0.25, 0.3) is 0 Å². The molecule has 3 nitrogen and oxygen atoms in total. The highest BCUT2D eigenvalue weighted by Crippen LogP contribution is 2.25. The molecule has 17 heavy (non-hydrogen) atoms. The van der Waals surface area contributed by atoms with Gasteiger partial charge in [-0.1, -0.05) is 5.92 Å². The van der Waals surface area contributed by atoms with Crippen molar-refractivity contribution in [2.75, 3.05) is 32.7 Å². The minimum atomic E-state index is 0.221. The van der Waals surface area contributed by atoms with Crippen LogP contribution >= 0.6 is 0 Å². The lowest BCUT2D eigenvalue weighted by atomic mass is 9.88. The number of piperidine rings is 2. The summed E-state index contributed by atoms with van der Waals surface area (Å²) >= 11 is 0. The standard InChI is InChI=1S/C14H25N3/c1-3-8-16-14(2)6-11-17(12-7-14)13-4-9-15-10-5-13/h1,13,15-16H,4-12H2,2H3/i/hD. The van der Waals surface area contributed by atoms with E-state index in [4.69, 9.17) is 7.84 Å². The van der Waals surface area contributed by atoms with Gasteiger partial charge in [-0.3, -0.25) is 0 Å². The van der Waals surface area contributed by atoms with E-state index < -0.39 is 0 Å². The third kappa shape index (κ3) is 3.45. The van der Waals surface area contributed by atoms with Crippen LogP contribution < -0.4 is 10.6 Å². The minimum Gasteiger partial charge on any atom is -0.317 e. The number of rotatable bonds is 3. The highest BCUT2D eigenvalue weighted by molar-refractivity contribution is 4.96. The highest BCUT2D eigenvalue weighted by atomic mass is 15.2. The van der Waals surface area contributed by atoms with Gasteiger partial charge < -0.3 is 15.5 Å². The Kier molecular flexibility index (Phi) is 3.97. The monoisotopic (exact) mass is 236 g/mol. The molecule has 2 aliphatic heterocycles. The molecule has 96 valence electrons. The Hall–Kier alpha value is -0.560. The molecule has 2 aliphatic rings. The van der Waals surface area contributed by atoms with E-state index in [1.807, 2.05) is 0 Å². The zero-order valence-corrected chi connectivity index (χ0v) is 10.9. The number of nitrogens with one attached hydrogen (secondary N) is 2. The summed E-state index contributed by atoms with van der Waals surface area (Å²) in [7, 11) is 0. The molecule has 0 spiro atoms. The number of hydrogen-bond donors (Lipinski definition) is 2. The van der Waals surface area contributed by atoms with E-state index in [1.165, 1.54) is 12.8 Å². The first-order chi connectivity index (χ1) is 8.63. The summed E-state index contributed by atoms with van der Waals surface area (Å²) < 4.78 is 7.60. The van der Waals surface area contributed by atoms with Crippen LogP contribution in [0.2, 0.25) is 1.41 Å². The van der Waals surface area contributed by atoms with Gasteiger partial charge in [-0.25, -0.2) is 0 Å². The topological polar surface area (TPSA) is 27.3 Å². The van der Waals surface area contributed by atoms with Crippen LogP contribution in [0, 0.1) is 12.3 Å². The zero-order valence-electron chi connectivity index (χ0n) is 11.9. The maximum atomic E-state index is 7.60. The fraction of sp³-hybridized carbons (Fsp3) is 0.857. The summed E-state index contributed by atoms with van der Waals surface area (Å²) in [6, 6.07) is 0.698. The molecule has 0 radical (unpaired) electrons. The predicted molar refractivity (Wildman–Crippen MR) is 71.9 cm³/mol. The summed E-state index contributed by atoms with van der Waals surface area (Å²) in [5.41, 5.74) is 0.221. The Balaban J connectivity index is 1.78. The van der Waals surface area contributed by atoms with Crippen molar-refractivity contribution in [3.8, 4) is 12.3 Å². The number of hydrogen-bond acceptors (Lipinski definition) is 3. The van der Waals surface area contributed by atoms with E-state index in [9.17, 15) is 0 Å². The average molecular weight is 236 g/mol. The van der Waals surface area contributed by atoms with Gasteiger partial charge in [-0.2, -0.15) is 0 Å². The molecule has 0 atom stereocenters. The van der Waals surface area contributed by atoms with Crippen molar-refractivity contribution in [1.82, 2.24) is 15.5 Å².